The minimum atomic E-state index is -0.871. The Bertz CT molecular complexity index is 1370. The van der Waals surface area contributed by atoms with Crippen LogP contribution in [0.3, 0.4) is 0 Å². The number of cyclic esters (lactones) is 1. The summed E-state index contributed by atoms with van der Waals surface area (Å²) < 4.78 is 17.6. The van der Waals surface area contributed by atoms with Gasteiger partial charge in [-0.2, -0.15) is 0 Å². The SMILES string of the molecule is COc1ccc([C@@H]2CN(Cc3ccccc3)C[C@@]2(C)C(=O)N2C(=O)OC[C@H]2c2ccccc2)cc1OC1CCCC1. The molecule has 3 aliphatic rings. The smallest absolute Gasteiger partial charge is 0.417 e. The third kappa shape index (κ3) is 5.43. The molecule has 2 saturated heterocycles. The minimum absolute atomic E-state index is 0.158. The van der Waals surface area contributed by atoms with Gasteiger partial charge in [0.05, 0.1) is 18.6 Å². The van der Waals surface area contributed by atoms with Gasteiger partial charge in [-0.15, -0.1) is 0 Å². The molecular weight excluding hydrogens is 516 g/mol. The van der Waals surface area contributed by atoms with Crippen molar-refractivity contribution < 1.29 is 23.8 Å². The second-order valence-electron chi connectivity index (χ2n) is 11.7. The highest BCUT2D eigenvalue weighted by atomic mass is 16.6. The van der Waals surface area contributed by atoms with Crippen molar-refractivity contribution in [1.82, 2.24) is 9.80 Å². The van der Waals surface area contributed by atoms with Gasteiger partial charge in [0.25, 0.3) is 0 Å². The van der Waals surface area contributed by atoms with Crippen LogP contribution in [0.2, 0.25) is 0 Å². The fourth-order valence-electron chi connectivity index (χ4n) is 6.78. The number of likely N-dealkylation sites (tertiary alicyclic amines) is 1. The van der Waals surface area contributed by atoms with E-state index in [0.29, 0.717) is 25.4 Å². The van der Waals surface area contributed by atoms with Crippen molar-refractivity contribution in [3.8, 4) is 11.5 Å². The highest BCUT2D eigenvalue weighted by Gasteiger charge is 2.54. The normalized spacial score (nSPS) is 24.9. The lowest BCUT2D eigenvalue weighted by Gasteiger charge is -2.34. The van der Waals surface area contributed by atoms with Crippen molar-refractivity contribution in [3.63, 3.8) is 0 Å². The molecule has 3 aromatic rings. The number of rotatable bonds is 8. The molecule has 0 N–H and O–H groups in total. The Morgan fingerprint density at radius 2 is 1.66 bits per heavy atom. The predicted octanol–water partition coefficient (Wildman–Crippen LogP) is 6.34. The van der Waals surface area contributed by atoms with E-state index in [4.69, 9.17) is 14.2 Å². The molecule has 0 radical (unpaired) electrons. The Labute approximate surface area is 242 Å². The third-order valence-corrected chi connectivity index (χ3v) is 8.96. The van der Waals surface area contributed by atoms with Crippen LogP contribution in [-0.4, -0.2) is 54.7 Å². The minimum Gasteiger partial charge on any atom is -0.493 e. The van der Waals surface area contributed by atoms with E-state index < -0.39 is 17.6 Å². The molecule has 0 aromatic heterocycles. The van der Waals surface area contributed by atoms with Crippen LogP contribution < -0.4 is 9.47 Å². The molecule has 3 aromatic carbocycles. The molecule has 6 rings (SSSR count). The van der Waals surface area contributed by atoms with E-state index in [1.807, 2.05) is 67.6 Å². The number of ether oxygens (including phenoxy) is 3. The van der Waals surface area contributed by atoms with Crippen molar-refractivity contribution in [3.05, 3.63) is 95.6 Å². The van der Waals surface area contributed by atoms with Gasteiger partial charge >= 0.3 is 6.09 Å². The fraction of sp³-hybridized carbons (Fsp3) is 0.412. The summed E-state index contributed by atoms with van der Waals surface area (Å²) in [6, 6.07) is 25.5. The lowest BCUT2D eigenvalue weighted by atomic mass is 9.74. The molecule has 7 nitrogen and oxygen atoms in total. The Morgan fingerprint density at radius 3 is 2.37 bits per heavy atom. The number of hydrogen-bond donors (Lipinski definition) is 0. The first-order valence-electron chi connectivity index (χ1n) is 14.6. The molecule has 41 heavy (non-hydrogen) atoms. The molecule has 1 aliphatic carbocycles. The Morgan fingerprint density at radius 1 is 0.951 bits per heavy atom. The van der Waals surface area contributed by atoms with Crippen LogP contribution in [0.1, 0.15) is 61.3 Å². The van der Waals surface area contributed by atoms with Gasteiger partial charge in [0.2, 0.25) is 5.91 Å². The summed E-state index contributed by atoms with van der Waals surface area (Å²) in [4.78, 5) is 31.3. The van der Waals surface area contributed by atoms with E-state index in [9.17, 15) is 9.59 Å². The predicted molar refractivity (Wildman–Crippen MR) is 156 cm³/mol. The summed E-state index contributed by atoms with van der Waals surface area (Å²) in [5, 5.41) is 0. The first kappa shape index (κ1) is 27.3. The maximum Gasteiger partial charge on any atom is 0.417 e. The summed E-state index contributed by atoms with van der Waals surface area (Å²) in [6.45, 7) is 4.06. The van der Waals surface area contributed by atoms with Crippen molar-refractivity contribution in [1.29, 1.82) is 0 Å². The molecule has 2 heterocycles. The monoisotopic (exact) mass is 554 g/mol. The van der Waals surface area contributed by atoms with Crippen LogP contribution in [0, 0.1) is 5.41 Å². The van der Waals surface area contributed by atoms with Gasteiger partial charge < -0.3 is 14.2 Å². The first-order valence-corrected chi connectivity index (χ1v) is 14.6. The van der Waals surface area contributed by atoms with E-state index in [2.05, 4.69) is 23.1 Å². The fourth-order valence-corrected chi connectivity index (χ4v) is 6.78. The van der Waals surface area contributed by atoms with Gasteiger partial charge in [-0.25, -0.2) is 9.69 Å². The Balaban J connectivity index is 1.36. The first-order chi connectivity index (χ1) is 20.0. The molecule has 0 unspecified atom stereocenters. The molecule has 3 fully saturated rings. The van der Waals surface area contributed by atoms with Crippen LogP contribution in [0.25, 0.3) is 0 Å². The zero-order valence-corrected chi connectivity index (χ0v) is 23.8. The van der Waals surface area contributed by atoms with Gasteiger partial charge in [-0.1, -0.05) is 66.7 Å². The summed E-state index contributed by atoms with van der Waals surface area (Å²) in [5.74, 6) is 1.04. The highest BCUT2D eigenvalue weighted by molar-refractivity contribution is 5.97. The lowest BCUT2D eigenvalue weighted by molar-refractivity contribution is -0.139. The van der Waals surface area contributed by atoms with Gasteiger partial charge in [0.1, 0.15) is 12.6 Å². The number of benzene rings is 3. The summed E-state index contributed by atoms with van der Waals surface area (Å²) >= 11 is 0. The van der Waals surface area contributed by atoms with Gasteiger partial charge in [-0.05, 0) is 61.4 Å². The number of carbonyl (C=O) groups excluding carboxylic acids is 2. The van der Waals surface area contributed by atoms with Gasteiger partial charge in [0.15, 0.2) is 11.5 Å². The molecule has 0 bridgehead atoms. The van der Waals surface area contributed by atoms with E-state index in [0.717, 1.165) is 29.7 Å². The maximum atomic E-state index is 14.6. The molecule has 3 atom stereocenters. The topological polar surface area (TPSA) is 68.3 Å². The van der Waals surface area contributed by atoms with Crippen LogP contribution >= 0.6 is 0 Å². The largest absolute Gasteiger partial charge is 0.493 e. The number of nitrogens with zero attached hydrogens (tertiary/aromatic N) is 2. The Kier molecular flexibility index (Phi) is 7.71. The van der Waals surface area contributed by atoms with E-state index >= 15 is 0 Å². The standard InChI is InChI=1S/C34H38N2O5/c1-34(32(37)36-29(22-40-33(36)38)25-13-7-4-8-14-25)23-35(20-24-11-5-3-6-12-24)21-28(34)26-17-18-30(39-2)31(19-26)41-27-15-9-10-16-27/h3-8,11-14,17-19,27-29H,9-10,15-16,20-23H2,1-2H3/t28-,29-,34+/m0/s1. The molecule has 0 spiro atoms. The number of hydrogen-bond acceptors (Lipinski definition) is 6. The molecule has 2 amide bonds. The van der Waals surface area contributed by atoms with Crippen LogP contribution in [-0.2, 0) is 16.1 Å². The number of amides is 2. The molecule has 1 saturated carbocycles. The van der Waals surface area contributed by atoms with E-state index in [-0.39, 0.29) is 24.5 Å². The van der Waals surface area contributed by atoms with Crippen molar-refractivity contribution in [2.45, 2.75) is 57.2 Å². The van der Waals surface area contributed by atoms with E-state index in [1.54, 1.807) is 7.11 Å². The van der Waals surface area contributed by atoms with Crippen LogP contribution in [0.5, 0.6) is 11.5 Å². The summed E-state index contributed by atoms with van der Waals surface area (Å²) in [7, 11) is 1.66. The average Bonchev–Trinajstić information content (AvgIpc) is 3.73. The Hall–Kier alpha value is -3.84. The molecular formula is C34H38N2O5. The van der Waals surface area contributed by atoms with E-state index in [1.165, 1.54) is 23.3 Å². The van der Waals surface area contributed by atoms with Gasteiger partial charge in [0, 0.05) is 25.6 Å². The number of carbonyl (C=O) groups is 2. The second-order valence-corrected chi connectivity index (χ2v) is 11.7. The number of methoxy groups -OCH3 is 1. The third-order valence-electron chi connectivity index (χ3n) is 8.96. The molecule has 2 aliphatic heterocycles. The van der Waals surface area contributed by atoms with Crippen molar-refractivity contribution >= 4 is 12.0 Å². The summed E-state index contributed by atoms with van der Waals surface area (Å²) in [5.41, 5.74) is 2.21. The molecule has 214 valence electrons. The number of imide groups is 1. The average molecular weight is 555 g/mol. The molecule has 7 heteroatoms. The van der Waals surface area contributed by atoms with Crippen LogP contribution in [0.4, 0.5) is 4.79 Å². The maximum absolute atomic E-state index is 14.6. The van der Waals surface area contributed by atoms with Gasteiger partial charge in [-0.3, -0.25) is 9.69 Å². The second kappa shape index (κ2) is 11.6. The van der Waals surface area contributed by atoms with Crippen molar-refractivity contribution in [2.75, 3.05) is 26.8 Å². The lowest BCUT2D eigenvalue weighted by Crippen LogP contribution is -2.47. The van der Waals surface area contributed by atoms with Crippen molar-refractivity contribution in [2.24, 2.45) is 5.41 Å². The summed E-state index contributed by atoms with van der Waals surface area (Å²) in [6.07, 6.45) is 4.02. The highest BCUT2D eigenvalue weighted by Crippen LogP contribution is 2.48. The zero-order valence-electron chi connectivity index (χ0n) is 23.8. The quantitative estimate of drug-likeness (QED) is 0.324. The van der Waals surface area contributed by atoms with Crippen LogP contribution in [0.15, 0.2) is 78.9 Å². The zero-order chi connectivity index (χ0) is 28.4.